The zero-order valence-electron chi connectivity index (χ0n) is 19.6. The first-order chi connectivity index (χ1) is 14.9. The number of pyridine rings is 1. The molecule has 1 amide bonds. The van der Waals surface area contributed by atoms with Crippen molar-refractivity contribution in [1.29, 1.82) is 0 Å². The lowest BCUT2D eigenvalue weighted by Crippen LogP contribution is -2.52. The average Bonchev–Trinajstić information content (AvgIpc) is 2.73. The first-order valence-electron chi connectivity index (χ1n) is 11.7. The Kier molecular flexibility index (Phi) is 8.24. The molecule has 0 bridgehead atoms. The van der Waals surface area contributed by atoms with E-state index in [4.69, 9.17) is 0 Å². The highest BCUT2D eigenvalue weighted by Gasteiger charge is 2.41. The van der Waals surface area contributed by atoms with Gasteiger partial charge >= 0.3 is 0 Å². The van der Waals surface area contributed by atoms with Crippen LogP contribution in [0.25, 0.3) is 0 Å². The van der Waals surface area contributed by atoms with Crippen molar-refractivity contribution < 1.29 is 9.59 Å². The topological polar surface area (TPSA) is 56.8 Å². The van der Waals surface area contributed by atoms with Crippen molar-refractivity contribution in [1.82, 2.24) is 19.7 Å². The zero-order valence-corrected chi connectivity index (χ0v) is 19.6. The van der Waals surface area contributed by atoms with Gasteiger partial charge in [-0.2, -0.15) is 0 Å². The van der Waals surface area contributed by atoms with E-state index < -0.39 is 0 Å². The van der Waals surface area contributed by atoms with E-state index in [1.807, 2.05) is 55.3 Å². The number of Topliss-reactive ketones (excluding diaryl/α,β-unsaturated/α-hetero) is 1. The molecular weight excluding hydrogens is 388 g/mol. The van der Waals surface area contributed by atoms with Crippen molar-refractivity contribution in [3.63, 3.8) is 0 Å². The zero-order chi connectivity index (χ0) is 22.4. The summed E-state index contributed by atoms with van der Waals surface area (Å²) in [5.74, 6) is 1.17. The molecule has 1 aromatic heterocycles. The van der Waals surface area contributed by atoms with Crippen molar-refractivity contribution in [2.24, 2.45) is 11.8 Å². The maximum Gasteiger partial charge on any atom is 0.222 e. The number of nitrogens with zero attached hydrogens (tertiary/aromatic N) is 4. The molecule has 6 heteroatoms. The summed E-state index contributed by atoms with van der Waals surface area (Å²) >= 11 is 0. The number of piperidine rings is 1. The van der Waals surface area contributed by atoms with Crippen LogP contribution in [0.5, 0.6) is 0 Å². The maximum absolute atomic E-state index is 12.9. The van der Waals surface area contributed by atoms with E-state index in [1.54, 1.807) is 6.20 Å². The van der Waals surface area contributed by atoms with E-state index in [1.165, 1.54) is 0 Å². The van der Waals surface area contributed by atoms with Crippen molar-refractivity contribution in [3.8, 4) is 0 Å². The fourth-order valence-electron chi connectivity index (χ4n) is 5.13. The molecule has 3 rings (SSSR count). The molecule has 0 spiro atoms. The van der Waals surface area contributed by atoms with E-state index in [0.717, 1.165) is 50.0 Å². The van der Waals surface area contributed by atoms with Gasteiger partial charge in [-0.25, -0.2) is 0 Å². The normalized spacial score (nSPS) is 25.4. The van der Waals surface area contributed by atoms with Crippen LogP contribution in [0.2, 0.25) is 0 Å². The van der Waals surface area contributed by atoms with Crippen LogP contribution in [0.1, 0.15) is 44.7 Å². The van der Waals surface area contributed by atoms with Crippen LogP contribution in [0.15, 0.2) is 36.2 Å². The first-order valence-corrected chi connectivity index (χ1v) is 11.7. The van der Waals surface area contributed by atoms with Crippen LogP contribution < -0.4 is 0 Å². The predicted octanol–water partition coefficient (Wildman–Crippen LogP) is 3.00. The lowest BCUT2D eigenvalue weighted by molar-refractivity contribution is -0.132. The molecule has 3 atom stereocenters. The number of likely N-dealkylation sites (tertiary alicyclic amines) is 1. The molecule has 6 nitrogen and oxygen atoms in total. The summed E-state index contributed by atoms with van der Waals surface area (Å²) < 4.78 is 0. The number of amides is 1. The van der Waals surface area contributed by atoms with Gasteiger partial charge in [-0.1, -0.05) is 13.0 Å². The third kappa shape index (κ3) is 6.39. The van der Waals surface area contributed by atoms with E-state index in [0.29, 0.717) is 37.3 Å². The summed E-state index contributed by atoms with van der Waals surface area (Å²) in [6.45, 7) is 4.88. The molecule has 0 aromatic carbocycles. The minimum absolute atomic E-state index is 0.200. The largest absolute Gasteiger partial charge is 0.383 e. The van der Waals surface area contributed by atoms with E-state index >= 15 is 0 Å². The summed E-state index contributed by atoms with van der Waals surface area (Å²) in [5, 5.41) is 0. The minimum Gasteiger partial charge on any atom is -0.383 e. The molecule has 2 fully saturated rings. The highest BCUT2D eigenvalue weighted by molar-refractivity contribution is 5.96. The summed E-state index contributed by atoms with van der Waals surface area (Å²) in [6.07, 6.45) is 8.65. The molecule has 1 saturated carbocycles. The number of likely N-dealkylation sites (N-methyl/N-ethyl adjacent to an activating group) is 1. The molecule has 1 aromatic rings. The lowest BCUT2D eigenvalue weighted by Gasteiger charge is -2.47. The van der Waals surface area contributed by atoms with Crippen LogP contribution in [0.3, 0.4) is 0 Å². The minimum atomic E-state index is 0.200. The Morgan fingerprint density at radius 1 is 1.26 bits per heavy atom. The van der Waals surface area contributed by atoms with Crippen LogP contribution in [0.4, 0.5) is 0 Å². The Hall–Kier alpha value is -2.21. The second-order valence-corrected chi connectivity index (χ2v) is 9.46. The first kappa shape index (κ1) is 23.5. The van der Waals surface area contributed by atoms with Crippen molar-refractivity contribution in [2.45, 2.75) is 51.5 Å². The molecule has 31 heavy (non-hydrogen) atoms. The van der Waals surface area contributed by atoms with Gasteiger partial charge in [-0.05, 0) is 49.8 Å². The number of fused-ring (bicyclic) bond motifs is 1. The molecule has 0 N–H and O–H groups in total. The number of carbonyl (C=O) groups is 2. The Labute approximate surface area is 187 Å². The van der Waals surface area contributed by atoms with Crippen molar-refractivity contribution in [2.75, 3.05) is 40.8 Å². The Morgan fingerprint density at radius 2 is 2.06 bits per heavy atom. The third-order valence-electron chi connectivity index (χ3n) is 6.62. The fourth-order valence-corrected chi connectivity index (χ4v) is 5.13. The Morgan fingerprint density at radius 3 is 2.74 bits per heavy atom. The van der Waals surface area contributed by atoms with Crippen LogP contribution in [0, 0.1) is 11.8 Å². The van der Waals surface area contributed by atoms with E-state index in [2.05, 4.69) is 16.8 Å². The number of hydrogen-bond acceptors (Lipinski definition) is 5. The van der Waals surface area contributed by atoms with Crippen LogP contribution >= 0.6 is 0 Å². The summed E-state index contributed by atoms with van der Waals surface area (Å²) in [6, 6.07) is 6.32. The van der Waals surface area contributed by atoms with E-state index in [-0.39, 0.29) is 11.7 Å². The average molecular weight is 427 g/mol. The summed E-state index contributed by atoms with van der Waals surface area (Å²) in [5.41, 5.74) is 1.97. The monoisotopic (exact) mass is 426 g/mol. The second-order valence-electron chi connectivity index (χ2n) is 9.46. The van der Waals surface area contributed by atoms with Crippen molar-refractivity contribution in [3.05, 3.63) is 41.9 Å². The molecule has 1 saturated heterocycles. The van der Waals surface area contributed by atoms with Gasteiger partial charge in [0.2, 0.25) is 5.91 Å². The molecule has 2 heterocycles. The molecule has 170 valence electrons. The summed E-state index contributed by atoms with van der Waals surface area (Å²) in [7, 11) is 5.84. The third-order valence-corrected chi connectivity index (χ3v) is 6.62. The van der Waals surface area contributed by atoms with Crippen LogP contribution in [-0.4, -0.2) is 78.2 Å². The van der Waals surface area contributed by atoms with Crippen molar-refractivity contribution >= 4 is 11.7 Å². The summed E-state index contributed by atoms with van der Waals surface area (Å²) in [4.78, 5) is 36.3. The molecule has 1 aliphatic carbocycles. The Bertz CT molecular complexity index is 777. The smallest absolute Gasteiger partial charge is 0.222 e. The molecule has 0 radical (unpaired) electrons. The van der Waals surface area contributed by atoms with E-state index in [9.17, 15) is 9.59 Å². The molecule has 1 aliphatic heterocycles. The van der Waals surface area contributed by atoms with Crippen LogP contribution in [-0.2, 0) is 16.0 Å². The van der Waals surface area contributed by atoms with Gasteiger partial charge in [-0.15, -0.1) is 0 Å². The number of hydrogen-bond donors (Lipinski definition) is 0. The Balaban J connectivity index is 1.59. The van der Waals surface area contributed by atoms with Gasteiger partial charge in [0.15, 0.2) is 5.78 Å². The number of ketones is 1. The standard InChI is InChI=1S/C25H38N4O2/c1-5-11-29-17-19(13-20-16-24(30)21(15-23(20)29)18-27(2)3)14-25(31)28(4)12-9-22-8-6-7-10-26-22/h6-8,10,18-20,23H,5,9,11-17H2,1-4H3/t19-,20-,23-/m1/s1. The molecule has 0 unspecified atom stereocenters. The second kappa shape index (κ2) is 10.9. The highest BCUT2D eigenvalue weighted by Crippen LogP contribution is 2.39. The van der Waals surface area contributed by atoms with Gasteiger partial charge in [0.1, 0.15) is 0 Å². The molecule has 2 aliphatic rings. The SMILES string of the molecule is CCCN1C[C@@H](CC(=O)N(C)CCc2ccccn2)C[C@@H]2CC(=O)C(=CN(C)C)C[C@H]21. The number of rotatable bonds is 8. The van der Waals surface area contributed by atoms with Gasteiger partial charge < -0.3 is 9.80 Å². The quantitative estimate of drug-likeness (QED) is 0.598. The van der Waals surface area contributed by atoms with Gasteiger partial charge in [0.25, 0.3) is 0 Å². The van der Waals surface area contributed by atoms with Gasteiger partial charge in [-0.3, -0.25) is 19.5 Å². The predicted molar refractivity (Wildman–Crippen MR) is 123 cm³/mol. The fraction of sp³-hybridized carbons (Fsp3) is 0.640. The number of carbonyl (C=O) groups excluding carboxylic acids is 2. The lowest BCUT2D eigenvalue weighted by atomic mass is 9.72. The van der Waals surface area contributed by atoms with Gasteiger partial charge in [0, 0.05) is 83.2 Å². The van der Waals surface area contributed by atoms with Gasteiger partial charge in [0.05, 0.1) is 0 Å². The maximum atomic E-state index is 12.9. The number of aromatic nitrogens is 1. The molecular formula is C25H38N4O2. The highest BCUT2D eigenvalue weighted by atomic mass is 16.2.